The molecule has 0 aromatic heterocycles. The van der Waals surface area contributed by atoms with E-state index in [-0.39, 0.29) is 17.4 Å². The predicted molar refractivity (Wildman–Crippen MR) is 83.9 cm³/mol. The summed E-state index contributed by atoms with van der Waals surface area (Å²) in [5.41, 5.74) is 10.1. The van der Waals surface area contributed by atoms with Gasteiger partial charge in [-0.1, -0.05) is 17.7 Å². The summed E-state index contributed by atoms with van der Waals surface area (Å²) in [6, 6.07) is 4.32. The molecule has 0 fully saturated rings. The molecular weight excluding hydrogens is 272 g/mol. The second-order valence-electron chi connectivity index (χ2n) is 4.94. The van der Waals surface area contributed by atoms with Crippen LogP contribution in [0.2, 0.25) is 0 Å². The molecule has 0 radical (unpaired) electrons. The third-order valence-electron chi connectivity index (χ3n) is 3.02. The van der Waals surface area contributed by atoms with Crippen molar-refractivity contribution in [1.29, 1.82) is 0 Å². The lowest BCUT2D eigenvalue weighted by Gasteiger charge is -2.12. The highest BCUT2D eigenvalue weighted by atomic mass is 32.2. The van der Waals surface area contributed by atoms with Gasteiger partial charge < -0.3 is 11.1 Å². The third-order valence-corrected chi connectivity index (χ3v) is 3.97. The van der Waals surface area contributed by atoms with Crippen LogP contribution >= 0.6 is 11.8 Å². The van der Waals surface area contributed by atoms with Gasteiger partial charge in [0.25, 0.3) is 0 Å². The second-order valence-corrected chi connectivity index (χ2v) is 5.92. The molecule has 4 nitrogen and oxygen atoms in total. The van der Waals surface area contributed by atoms with Crippen LogP contribution in [0.15, 0.2) is 12.1 Å². The van der Waals surface area contributed by atoms with Gasteiger partial charge in [-0.2, -0.15) is 0 Å². The zero-order valence-electron chi connectivity index (χ0n) is 12.3. The minimum absolute atomic E-state index is 0.0568. The lowest BCUT2D eigenvalue weighted by atomic mass is 9.97. The summed E-state index contributed by atoms with van der Waals surface area (Å²) < 4.78 is 0. The minimum atomic E-state index is -0.395. The van der Waals surface area contributed by atoms with Gasteiger partial charge in [0.15, 0.2) is 0 Å². The molecule has 2 amide bonds. The van der Waals surface area contributed by atoms with Crippen LogP contribution in [0, 0.1) is 20.8 Å². The molecule has 110 valence electrons. The maximum absolute atomic E-state index is 11.6. The molecule has 0 bridgehead atoms. The standard InChI is InChI=1S/C15H22N2O2S/c1-10-6-11(2)13(12(3)7-10)4-5-17-15(19)9-20-8-14(16)18/h6-7H,4-5,8-9H2,1-3H3,(H2,16,18)(H,17,19). The number of rotatable bonds is 7. The highest BCUT2D eigenvalue weighted by molar-refractivity contribution is 8.00. The lowest BCUT2D eigenvalue weighted by Crippen LogP contribution is -2.28. The number of nitrogens with one attached hydrogen (secondary N) is 1. The van der Waals surface area contributed by atoms with Gasteiger partial charge in [-0.15, -0.1) is 11.8 Å². The Bertz CT molecular complexity index is 478. The number of nitrogens with two attached hydrogens (primary N) is 1. The van der Waals surface area contributed by atoms with E-state index in [9.17, 15) is 9.59 Å². The van der Waals surface area contributed by atoms with Crippen molar-refractivity contribution in [3.8, 4) is 0 Å². The number of primary amides is 1. The first-order chi connectivity index (χ1) is 9.40. The van der Waals surface area contributed by atoms with E-state index in [1.807, 2.05) is 0 Å². The monoisotopic (exact) mass is 294 g/mol. The van der Waals surface area contributed by atoms with E-state index in [1.54, 1.807) is 0 Å². The van der Waals surface area contributed by atoms with Crippen molar-refractivity contribution in [2.75, 3.05) is 18.1 Å². The topological polar surface area (TPSA) is 72.2 Å². The number of carbonyl (C=O) groups excluding carboxylic acids is 2. The van der Waals surface area contributed by atoms with Gasteiger partial charge in [-0.05, 0) is 43.9 Å². The molecule has 5 heteroatoms. The van der Waals surface area contributed by atoms with E-state index < -0.39 is 5.91 Å². The number of amides is 2. The van der Waals surface area contributed by atoms with Gasteiger partial charge >= 0.3 is 0 Å². The fourth-order valence-electron chi connectivity index (χ4n) is 2.23. The number of hydrogen-bond donors (Lipinski definition) is 2. The Morgan fingerprint density at radius 3 is 2.30 bits per heavy atom. The maximum atomic E-state index is 11.6. The van der Waals surface area contributed by atoms with Crippen LogP contribution < -0.4 is 11.1 Å². The Hall–Kier alpha value is -1.49. The van der Waals surface area contributed by atoms with E-state index in [4.69, 9.17) is 5.73 Å². The molecule has 0 saturated carbocycles. The molecule has 1 rings (SSSR count). The fourth-order valence-corrected chi connectivity index (χ4v) is 2.82. The third kappa shape index (κ3) is 5.65. The normalized spacial score (nSPS) is 10.3. The van der Waals surface area contributed by atoms with E-state index in [0.717, 1.165) is 6.42 Å². The number of aryl methyl sites for hydroxylation is 3. The Balaban J connectivity index is 2.37. The summed E-state index contributed by atoms with van der Waals surface area (Å²) in [4.78, 5) is 22.1. The average molecular weight is 294 g/mol. The molecule has 3 N–H and O–H groups in total. The summed E-state index contributed by atoms with van der Waals surface area (Å²) in [5, 5.41) is 2.86. The molecule has 20 heavy (non-hydrogen) atoms. The highest BCUT2D eigenvalue weighted by Gasteiger charge is 2.06. The molecular formula is C15H22N2O2S. The van der Waals surface area contributed by atoms with E-state index >= 15 is 0 Å². The number of thioether (sulfide) groups is 1. The molecule has 1 aromatic rings. The van der Waals surface area contributed by atoms with E-state index in [0.29, 0.717) is 6.54 Å². The smallest absolute Gasteiger partial charge is 0.230 e. The zero-order valence-corrected chi connectivity index (χ0v) is 13.1. The van der Waals surface area contributed by atoms with E-state index in [1.165, 1.54) is 34.0 Å². The highest BCUT2D eigenvalue weighted by Crippen LogP contribution is 2.16. The van der Waals surface area contributed by atoms with Gasteiger partial charge in [0.1, 0.15) is 0 Å². The SMILES string of the molecule is Cc1cc(C)c(CCNC(=O)CSCC(N)=O)c(C)c1. The van der Waals surface area contributed by atoms with Gasteiger partial charge in [-0.25, -0.2) is 0 Å². The predicted octanol–water partition coefficient (Wildman–Crippen LogP) is 1.49. The molecule has 1 aromatic carbocycles. The van der Waals surface area contributed by atoms with Gasteiger partial charge in [0.05, 0.1) is 11.5 Å². The van der Waals surface area contributed by atoms with Crippen LogP contribution in [0.5, 0.6) is 0 Å². The minimum Gasteiger partial charge on any atom is -0.369 e. The van der Waals surface area contributed by atoms with Crippen molar-refractivity contribution in [3.63, 3.8) is 0 Å². The van der Waals surface area contributed by atoms with Gasteiger partial charge in [0, 0.05) is 6.54 Å². The molecule has 0 unspecified atom stereocenters. The van der Waals surface area contributed by atoms with Crippen LogP contribution in [0.1, 0.15) is 22.3 Å². The first kappa shape index (κ1) is 16.6. The number of hydrogen-bond acceptors (Lipinski definition) is 3. The van der Waals surface area contributed by atoms with Crippen LogP contribution in [0.25, 0.3) is 0 Å². The van der Waals surface area contributed by atoms with Crippen molar-refractivity contribution in [1.82, 2.24) is 5.32 Å². The van der Waals surface area contributed by atoms with Gasteiger partial charge in [-0.3, -0.25) is 9.59 Å². The van der Waals surface area contributed by atoms with Crippen molar-refractivity contribution >= 4 is 23.6 Å². The zero-order chi connectivity index (χ0) is 15.1. The molecule has 0 saturated heterocycles. The molecule has 0 spiro atoms. The summed E-state index contributed by atoms with van der Waals surface area (Å²) in [6.07, 6.45) is 0.824. The summed E-state index contributed by atoms with van der Waals surface area (Å²) >= 11 is 1.24. The first-order valence-corrected chi connectivity index (χ1v) is 7.75. The average Bonchev–Trinajstić information content (AvgIpc) is 2.32. The number of carbonyl (C=O) groups is 2. The van der Waals surface area contributed by atoms with Gasteiger partial charge in [0.2, 0.25) is 11.8 Å². The van der Waals surface area contributed by atoms with Crippen molar-refractivity contribution in [3.05, 3.63) is 34.4 Å². The van der Waals surface area contributed by atoms with Crippen LogP contribution in [-0.4, -0.2) is 29.9 Å². The largest absolute Gasteiger partial charge is 0.369 e. The van der Waals surface area contributed by atoms with Crippen LogP contribution in [-0.2, 0) is 16.0 Å². The molecule has 0 aliphatic rings. The Morgan fingerprint density at radius 1 is 1.15 bits per heavy atom. The fraction of sp³-hybridized carbons (Fsp3) is 0.467. The van der Waals surface area contributed by atoms with E-state index in [2.05, 4.69) is 38.2 Å². The second kappa shape index (κ2) is 7.94. The Morgan fingerprint density at radius 2 is 1.75 bits per heavy atom. The van der Waals surface area contributed by atoms with Crippen molar-refractivity contribution in [2.45, 2.75) is 27.2 Å². The van der Waals surface area contributed by atoms with Crippen molar-refractivity contribution < 1.29 is 9.59 Å². The quantitative estimate of drug-likeness (QED) is 0.800. The summed E-state index contributed by atoms with van der Waals surface area (Å²) in [6.45, 7) is 6.89. The maximum Gasteiger partial charge on any atom is 0.230 e. The summed E-state index contributed by atoms with van der Waals surface area (Å²) in [7, 11) is 0. The first-order valence-electron chi connectivity index (χ1n) is 6.59. The molecule has 0 heterocycles. The number of benzene rings is 1. The van der Waals surface area contributed by atoms with Crippen molar-refractivity contribution in [2.24, 2.45) is 5.73 Å². The Kier molecular flexibility index (Phi) is 6.58. The van der Waals surface area contributed by atoms with Crippen LogP contribution in [0.3, 0.4) is 0 Å². The lowest BCUT2D eigenvalue weighted by molar-refractivity contribution is -0.118. The molecule has 0 atom stereocenters. The van der Waals surface area contributed by atoms with Crippen LogP contribution in [0.4, 0.5) is 0 Å². The molecule has 0 aliphatic carbocycles. The Labute approximate surface area is 124 Å². The molecule has 0 aliphatic heterocycles. The summed E-state index contributed by atoms with van der Waals surface area (Å²) in [5.74, 6) is 0.00524.